The van der Waals surface area contributed by atoms with Crippen LogP contribution in [0, 0.1) is 0 Å². The average Bonchev–Trinajstić information content (AvgIpc) is 3.14. The fourth-order valence-electron chi connectivity index (χ4n) is 2.42. The molecule has 8 nitrogen and oxygen atoms in total. The molecule has 0 radical (unpaired) electrons. The van der Waals surface area contributed by atoms with Gasteiger partial charge in [-0.1, -0.05) is 24.3 Å². The lowest BCUT2D eigenvalue weighted by Gasteiger charge is -2.20. The van der Waals surface area contributed by atoms with Gasteiger partial charge in [-0.3, -0.25) is 4.99 Å². The van der Waals surface area contributed by atoms with Crippen LogP contribution in [0.2, 0.25) is 0 Å². The third-order valence-electron chi connectivity index (χ3n) is 3.72. The molecular formula is C20H30N6O2. The Labute approximate surface area is 166 Å². The molecule has 0 bridgehead atoms. The van der Waals surface area contributed by atoms with Gasteiger partial charge in [-0.2, -0.15) is 0 Å². The van der Waals surface area contributed by atoms with Crippen LogP contribution in [-0.4, -0.2) is 47.3 Å². The fraction of sp³-hybridized carbons (Fsp3) is 0.450. The van der Waals surface area contributed by atoms with E-state index in [0.717, 1.165) is 12.1 Å². The minimum Gasteiger partial charge on any atom is -0.444 e. The summed E-state index contributed by atoms with van der Waals surface area (Å²) in [4.78, 5) is 19.8. The number of aliphatic imine (C=N–C) groups is 1. The van der Waals surface area contributed by atoms with E-state index in [2.05, 4.69) is 50.2 Å². The second-order valence-corrected chi connectivity index (χ2v) is 7.33. The van der Waals surface area contributed by atoms with Crippen LogP contribution < -0.4 is 16.0 Å². The zero-order valence-corrected chi connectivity index (χ0v) is 17.0. The van der Waals surface area contributed by atoms with Crippen molar-refractivity contribution in [2.45, 2.75) is 39.5 Å². The third kappa shape index (κ3) is 8.11. The average molecular weight is 387 g/mol. The summed E-state index contributed by atoms with van der Waals surface area (Å²) >= 11 is 0. The van der Waals surface area contributed by atoms with Gasteiger partial charge in [0.1, 0.15) is 5.60 Å². The van der Waals surface area contributed by atoms with Crippen molar-refractivity contribution in [1.82, 2.24) is 25.5 Å². The number of imidazole rings is 1. The molecule has 1 aromatic heterocycles. The van der Waals surface area contributed by atoms with Gasteiger partial charge in [-0.15, -0.1) is 0 Å². The van der Waals surface area contributed by atoms with Crippen molar-refractivity contribution >= 4 is 12.1 Å². The zero-order chi connectivity index (χ0) is 20.4. The van der Waals surface area contributed by atoms with Crippen molar-refractivity contribution in [3.63, 3.8) is 0 Å². The normalized spacial score (nSPS) is 11.8. The molecule has 0 saturated heterocycles. The molecule has 0 unspecified atom stereocenters. The smallest absolute Gasteiger partial charge is 0.407 e. The summed E-state index contributed by atoms with van der Waals surface area (Å²) in [5, 5.41) is 9.12. The van der Waals surface area contributed by atoms with Gasteiger partial charge in [0.05, 0.1) is 6.33 Å². The van der Waals surface area contributed by atoms with Crippen LogP contribution in [0.15, 0.2) is 48.0 Å². The summed E-state index contributed by atoms with van der Waals surface area (Å²) in [5.41, 5.74) is 1.88. The van der Waals surface area contributed by atoms with Crippen molar-refractivity contribution < 1.29 is 9.53 Å². The number of ether oxygens (including phenoxy) is 1. The van der Waals surface area contributed by atoms with Gasteiger partial charge in [-0.25, -0.2) is 9.78 Å². The number of hydrogen-bond donors (Lipinski definition) is 3. The van der Waals surface area contributed by atoms with E-state index >= 15 is 0 Å². The van der Waals surface area contributed by atoms with E-state index < -0.39 is 11.7 Å². The molecule has 2 aromatic rings. The quantitative estimate of drug-likeness (QED) is 0.385. The van der Waals surface area contributed by atoms with Crippen molar-refractivity contribution in [1.29, 1.82) is 0 Å². The lowest BCUT2D eigenvalue weighted by molar-refractivity contribution is 0.0529. The first kappa shape index (κ1) is 21.3. The van der Waals surface area contributed by atoms with Crippen LogP contribution in [-0.2, 0) is 17.8 Å². The number of nitrogens with one attached hydrogen (secondary N) is 3. The first-order chi connectivity index (χ1) is 13.4. The van der Waals surface area contributed by atoms with Crippen LogP contribution in [0.25, 0.3) is 0 Å². The van der Waals surface area contributed by atoms with Crippen molar-refractivity contribution in [3.8, 4) is 0 Å². The number of benzene rings is 1. The maximum Gasteiger partial charge on any atom is 0.407 e. The summed E-state index contributed by atoms with van der Waals surface area (Å²) < 4.78 is 7.22. The van der Waals surface area contributed by atoms with Gasteiger partial charge >= 0.3 is 6.09 Å². The molecule has 2 rings (SSSR count). The highest BCUT2D eigenvalue weighted by Gasteiger charge is 2.15. The summed E-state index contributed by atoms with van der Waals surface area (Å²) in [6, 6.07) is 8.41. The highest BCUT2D eigenvalue weighted by molar-refractivity contribution is 5.79. The Bertz CT molecular complexity index is 748. The van der Waals surface area contributed by atoms with Crippen LogP contribution >= 0.6 is 0 Å². The Morgan fingerprint density at radius 3 is 2.39 bits per heavy atom. The fourth-order valence-corrected chi connectivity index (χ4v) is 2.42. The monoisotopic (exact) mass is 386 g/mol. The Morgan fingerprint density at radius 2 is 1.79 bits per heavy atom. The number of aromatic nitrogens is 2. The van der Waals surface area contributed by atoms with Crippen LogP contribution in [0.4, 0.5) is 4.79 Å². The molecule has 0 fully saturated rings. The number of hydrogen-bond acceptors (Lipinski definition) is 4. The zero-order valence-electron chi connectivity index (χ0n) is 17.0. The molecule has 1 amide bonds. The Kier molecular flexibility index (Phi) is 7.86. The largest absolute Gasteiger partial charge is 0.444 e. The number of carbonyl (C=O) groups is 1. The first-order valence-corrected chi connectivity index (χ1v) is 9.30. The molecule has 0 aliphatic heterocycles. The predicted octanol–water partition coefficient (Wildman–Crippen LogP) is 2.12. The summed E-state index contributed by atoms with van der Waals surface area (Å²) in [5.74, 6) is 0.675. The topological polar surface area (TPSA) is 92.6 Å². The lowest BCUT2D eigenvalue weighted by atomic mass is 10.1. The highest BCUT2D eigenvalue weighted by atomic mass is 16.6. The predicted molar refractivity (Wildman–Crippen MR) is 110 cm³/mol. The highest BCUT2D eigenvalue weighted by Crippen LogP contribution is 2.07. The van der Waals surface area contributed by atoms with E-state index in [1.54, 1.807) is 13.2 Å². The molecule has 0 saturated carbocycles. The van der Waals surface area contributed by atoms with Crippen LogP contribution in [0.3, 0.4) is 0 Å². The summed E-state index contributed by atoms with van der Waals surface area (Å²) in [6.45, 7) is 7.95. The number of alkyl carbamates (subject to hydrolysis) is 1. The second kappa shape index (κ2) is 10.3. The van der Waals surface area contributed by atoms with Crippen molar-refractivity contribution in [2.24, 2.45) is 4.99 Å². The second-order valence-electron chi connectivity index (χ2n) is 7.33. The molecule has 3 N–H and O–H groups in total. The SMILES string of the molecule is CN=C(NCCNC(=O)OC(C)(C)C)NCc1ccc(Cn2ccnc2)cc1. The van der Waals surface area contributed by atoms with E-state index in [1.807, 2.05) is 37.9 Å². The van der Waals surface area contributed by atoms with Crippen molar-refractivity contribution in [2.75, 3.05) is 20.1 Å². The molecule has 152 valence electrons. The molecular weight excluding hydrogens is 356 g/mol. The van der Waals surface area contributed by atoms with Crippen LogP contribution in [0.5, 0.6) is 0 Å². The van der Waals surface area contributed by atoms with E-state index in [4.69, 9.17) is 4.74 Å². The Morgan fingerprint density at radius 1 is 1.11 bits per heavy atom. The van der Waals surface area contributed by atoms with Gasteiger partial charge in [0.2, 0.25) is 0 Å². The van der Waals surface area contributed by atoms with E-state index in [9.17, 15) is 4.79 Å². The molecule has 1 aromatic carbocycles. The maximum atomic E-state index is 11.6. The van der Waals surface area contributed by atoms with Gasteiger partial charge in [0.25, 0.3) is 0 Å². The standard InChI is InChI=1S/C20H30N6O2/c1-20(2,3)28-19(27)24-10-9-23-18(21-4)25-13-16-5-7-17(8-6-16)14-26-12-11-22-15-26/h5-8,11-12,15H,9-10,13-14H2,1-4H3,(H,24,27)(H2,21,23,25). The molecule has 1 heterocycles. The molecule has 0 aliphatic rings. The van der Waals surface area contributed by atoms with E-state index in [0.29, 0.717) is 25.6 Å². The maximum absolute atomic E-state index is 11.6. The Balaban J connectivity index is 1.68. The molecule has 0 spiro atoms. The minimum absolute atomic E-state index is 0.423. The molecule has 0 atom stereocenters. The molecule has 28 heavy (non-hydrogen) atoms. The minimum atomic E-state index is -0.497. The summed E-state index contributed by atoms with van der Waals surface area (Å²) in [6.07, 6.45) is 5.11. The van der Waals surface area contributed by atoms with Gasteiger partial charge < -0.3 is 25.3 Å². The molecule has 0 aliphatic carbocycles. The van der Waals surface area contributed by atoms with Gasteiger partial charge in [0, 0.05) is 45.6 Å². The van der Waals surface area contributed by atoms with Gasteiger partial charge in [-0.05, 0) is 31.9 Å². The molecule has 8 heteroatoms. The number of nitrogens with zero attached hydrogens (tertiary/aromatic N) is 3. The number of carbonyl (C=O) groups excluding carboxylic acids is 1. The number of rotatable bonds is 7. The Hall–Kier alpha value is -3.03. The number of amides is 1. The van der Waals surface area contributed by atoms with Crippen LogP contribution in [0.1, 0.15) is 31.9 Å². The third-order valence-corrected chi connectivity index (χ3v) is 3.72. The van der Waals surface area contributed by atoms with E-state index in [-0.39, 0.29) is 0 Å². The van der Waals surface area contributed by atoms with E-state index in [1.165, 1.54) is 5.56 Å². The lowest BCUT2D eigenvalue weighted by Crippen LogP contribution is -2.42. The number of guanidine groups is 1. The van der Waals surface area contributed by atoms with Gasteiger partial charge in [0.15, 0.2) is 5.96 Å². The van der Waals surface area contributed by atoms with Crippen molar-refractivity contribution in [3.05, 3.63) is 54.1 Å². The summed E-state index contributed by atoms with van der Waals surface area (Å²) in [7, 11) is 1.71. The first-order valence-electron chi connectivity index (χ1n) is 9.30.